The number of amides is 3. The second kappa shape index (κ2) is 13.2. The normalized spacial score (nSPS) is 10.6. The molecule has 192 valence electrons. The molecule has 12 heteroatoms. The molecule has 0 fully saturated rings. The Morgan fingerprint density at radius 2 is 1.70 bits per heavy atom. The molecule has 0 spiro atoms. The van der Waals surface area contributed by atoms with Gasteiger partial charge in [-0.3, -0.25) is 14.4 Å². The summed E-state index contributed by atoms with van der Waals surface area (Å²) in [5, 5.41) is 9.22. The third-order valence-corrected chi connectivity index (χ3v) is 5.36. The average Bonchev–Trinajstić information content (AvgIpc) is 2.87. The van der Waals surface area contributed by atoms with Crippen molar-refractivity contribution in [2.75, 3.05) is 23.8 Å². The van der Waals surface area contributed by atoms with E-state index in [0.29, 0.717) is 34.4 Å². The molecule has 0 saturated heterocycles. The fourth-order valence-corrected chi connectivity index (χ4v) is 3.21. The Balaban J connectivity index is 1.56. The van der Waals surface area contributed by atoms with Gasteiger partial charge in [-0.15, -0.1) is 0 Å². The van der Waals surface area contributed by atoms with E-state index in [1.165, 1.54) is 18.3 Å². The van der Waals surface area contributed by atoms with Gasteiger partial charge in [0.25, 0.3) is 5.91 Å². The minimum atomic E-state index is -1.02. The van der Waals surface area contributed by atoms with Crippen LogP contribution in [0.5, 0.6) is 11.5 Å². The first-order valence-electron chi connectivity index (χ1n) is 10.8. The Bertz CT molecular complexity index is 1320. The Morgan fingerprint density at radius 1 is 0.946 bits per heavy atom. The summed E-state index contributed by atoms with van der Waals surface area (Å²) in [5.74, 6) is -2.29. The smallest absolute Gasteiger partial charge is 0.329 e. The van der Waals surface area contributed by atoms with Crippen LogP contribution in [-0.4, -0.2) is 37.1 Å². The van der Waals surface area contributed by atoms with Crippen LogP contribution in [0.1, 0.15) is 12.5 Å². The molecule has 0 bridgehead atoms. The molecule has 0 aromatic heterocycles. The van der Waals surface area contributed by atoms with Crippen LogP contribution in [0.25, 0.3) is 0 Å². The lowest BCUT2D eigenvalue weighted by molar-refractivity contribution is -0.136. The minimum Gasteiger partial charge on any atom is -0.490 e. The Hall–Kier alpha value is -4.15. The molecule has 3 N–H and O–H groups in total. The highest BCUT2D eigenvalue weighted by Gasteiger charge is 2.14. The molecule has 3 aromatic rings. The summed E-state index contributed by atoms with van der Waals surface area (Å²) in [4.78, 5) is 36.2. The van der Waals surface area contributed by atoms with E-state index in [4.69, 9.17) is 32.7 Å². The van der Waals surface area contributed by atoms with Crippen LogP contribution in [0.4, 0.5) is 15.8 Å². The largest absolute Gasteiger partial charge is 0.490 e. The summed E-state index contributed by atoms with van der Waals surface area (Å²) in [6, 6.07) is 14.6. The zero-order chi connectivity index (χ0) is 26.8. The molecule has 37 heavy (non-hydrogen) atoms. The molecule has 0 saturated carbocycles. The maximum atomic E-state index is 12.9. The van der Waals surface area contributed by atoms with Gasteiger partial charge in [0.2, 0.25) is 0 Å². The minimum absolute atomic E-state index is 0.219. The van der Waals surface area contributed by atoms with Gasteiger partial charge in [0.1, 0.15) is 5.82 Å². The van der Waals surface area contributed by atoms with E-state index in [2.05, 4.69) is 21.2 Å². The van der Waals surface area contributed by atoms with E-state index >= 15 is 0 Å². The fraction of sp³-hybridized carbons (Fsp3) is 0.120. The Kier molecular flexibility index (Phi) is 9.82. The van der Waals surface area contributed by atoms with Crippen molar-refractivity contribution in [1.82, 2.24) is 5.43 Å². The van der Waals surface area contributed by atoms with Crippen LogP contribution in [0.2, 0.25) is 10.0 Å². The van der Waals surface area contributed by atoms with Crippen molar-refractivity contribution in [3.05, 3.63) is 82.1 Å². The van der Waals surface area contributed by atoms with Crippen LogP contribution in [-0.2, 0) is 14.4 Å². The lowest BCUT2D eigenvalue weighted by Gasteiger charge is -2.13. The van der Waals surface area contributed by atoms with Crippen LogP contribution >= 0.6 is 23.2 Å². The quantitative estimate of drug-likeness (QED) is 0.205. The summed E-state index contributed by atoms with van der Waals surface area (Å²) in [7, 11) is 0. The summed E-state index contributed by atoms with van der Waals surface area (Å²) in [6.07, 6.45) is 1.29. The molecule has 0 unspecified atom stereocenters. The van der Waals surface area contributed by atoms with Crippen molar-refractivity contribution in [2.45, 2.75) is 6.92 Å². The number of ether oxygens (including phenoxy) is 2. The van der Waals surface area contributed by atoms with Gasteiger partial charge >= 0.3 is 11.8 Å². The molecule has 3 amide bonds. The number of hydrazone groups is 1. The molecule has 0 aliphatic heterocycles. The number of nitrogens with one attached hydrogen (secondary N) is 3. The average molecular weight is 547 g/mol. The van der Waals surface area contributed by atoms with Gasteiger partial charge in [-0.25, -0.2) is 9.82 Å². The topological polar surface area (TPSA) is 118 Å². The number of benzene rings is 3. The lowest BCUT2D eigenvalue weighted by Crippen LogP contribution is -2.32. The number of hydrogen-bond acceptors (Lipinski definition) is 6. The standard InChI is InChI=1S/C25H21Cl2FN4O5/c1-2-36-21-12-15(13-29-32-25(35)24(34)30-17-9-7-16(28)8-10-17)6-11-20(21)37-14-22(33)31-19-5-3-4-18(26)23(19)27/h3-13H,2,14H2,1H3,(H,30,34)(H,31,33)(H,32,35)/b29-13-. The molecule has 3 aromatic carbocycles. The number of nitrogens with zero attached hydrogens (tertiary/aromatic N) is 1. The first-order chi connectivity index (χ1) is 17.8. The monoisotopic (exact) mass is 546 g/mol. The van der Waals surface area contributed by atoms with Crippen molar-refractivity contribution < 1.29 is 28.2 Å². The fourth-order valence-electron chi connectivity index (χ4n) is 2.86. The first-order valence-corrected chi connectivity index (χ1v) is 11.6. The summed E-state index contributed by atoms with van der Waals surface area (Å²) in [6.45, 7) is 1.77. The molecule has 0 heterocycles. The molecular weight excluding hydrogens is 526 g/mol. The number of carbonyl (C=O) groups is 3. The summed E-state index contributed by atoms with van der Waals surface area (Å²) in [5.41, 5.74) is 3.23. The van der Waals surface area contributed by atoms with E-state index in [1.807, 2.05) is 0 Å². The van der Waals surface area contributed by atoms with Gasteiger partial charge < -0.3 is 20.1 Å². The second-order valence-electron chi connectivity index (χ2n) is 7.24. The van der Waals surface area contributed by atoms with E-state index in [1.54, 1.807) is 43.3 Å². The maximum absolute atomic E-state index is 12.9. The third kappa shape index (κ3) is 8.19. The predicted molar refractivity (Wildman–Crippen MR) is 139 cm³/mol. The maximum Gasteiger partial charge on any atom is 0.329 e. The van der Waals surface area contributed by atoms with Gasteiger partial charge in [0.05, 0.1) is 28.6 Å². The van der Waals surface area contributed by atoms with Gasteiger partial charge in [0, 0.05) is 5.69 Å². The van der Waals surface area contributed by atoms with Gasteiger partial charge in [-0.2, -0.15) is 5.10 Å². The molecule has 0 aliphatic carbocycles. The van der Waals surface area contributed by atoms with Crippen molar-refractivity contribution in [3.63, 3.8) is 0 Å². The Labute approximate surface area is 221 Å². The van der Waals surface area contributed by atoms with Gasteiger partial charge in [-0.05, 0) is 67.1 Å². The first kappa shape index (κ1) is 27.4. The molecule has 9 nitrogen and oxygen atoms in total. The third-order valence-electron chi connectivity index (χ3n) is 4.54. The van der Waals surface area contributed by atoms with E-state index in [9.17, 15) is 18.8 Å². The number of anilines is 2. The van der Waals surface area contributed by atoms with E-state index in [-0.39, 0.29) is 17.3 Å². The van der Waals surface area contributed by atoms with Crippen molar-refractivity contribution in [3.8, 4) is 11.5 Å². The summed E-state index contributed by atoms with van der Waals surface area (Å²) >= 11 is 12.0. The molecular formula is C25H21Cl2FN4O5. The Morgan fingerprint density at radius 3 is 2.43 bits per heavy atom. The molecule has 0 radical (unpaired) electrons. The highest BCUT2D eigenvalue weighted by molar-refractivity contribution is 6.44. The van der Waals surface area contributed by atoms with Crippen LogP contribution in [0.15, 0.2) is 65.8 Å². The highest BCUT2D eigenvalue weighted by atomic mass is 35.5. The molecule has 0 atom stereocenters. The zero-order valence-corrected chi connectivity index (χ0v) is 20.9. The van der Waals surface area contributed by atoms with E-state index < -0.39 is 23.5 Å². The molecule has 3 rings (SSSR count). The highest BCUT2D eigenvalue weighted by Crippen LogP contribution is 2.30. The van der Waals surface area contributed by atoms with Crippen LogP contribution < -0.4 is 25.5 Å². The zero-order valence-electron chi connectivity index (χ0n) is 19.4. The molecule has 0 aliphatic rings. The van der Waals surface area contributed by atoms with Crippen molar-refractivity contribution >= 4 is 58.5 Å². The number of carbonyl (C=O) groups excluding carboxylic acids is 3. The number of hydrogen-bond donors (Lipinski definition) is 3. The lowest BCUT2D eigenvalue weighted by atomic mass is 10.2. The van der Waals surface area contributed by atoms with E-state index in [0.717, 1.165) is 12.1 Å². The predicted octanol–water partition coefficient (Wildman–Crippen LogP) is 4.64. The number of halogens is 3. The van der Waals surface area contributed by atoms with Gasteiger partial charge in [0.15, 0.2) is 18.1 Å². The second-order valence-corrected chi connectivity index (χ2v) is 8.02. The van der Waals surface area contributed by atoms with Gasteiger partial charge in [-0.1, -0.05) is 29.3 Å². The van der Waals surface area contributed by atoms with Crippen LogP contribution in [0.3, 0.4) is 0 Å². The summed E-state index contributed by atoms with van der Waals surface area (Å²) < 4.78 is 24.1. The van der Waals surface area contributed by atoms with Crippen molar-refractivity contribution in [2.24, 2.45) is 5.10 Å². The van der Waals surface area contributed by atoms with Crippen LogP contribution in [0, 0.1) is 5.82 Å². The SMILES string of the molecule is CCOc1cc(/C=N\NC(=O)C(=O)Nc2ccc(F)cc2)ccc1OCC(=O)Nc1cccc(Cl)c1Cl. The van der Waals surface area contributed by atoms with Crippen molar-refractivity contribution in [1.29, 1.82) is 0 Å². The number of rotatable bonds is 9.